The topological polar surface area (TPSA) is 43.8 Å². The molecule has 1 heterocycles. The number of hydrogen-bond donors (Lipinski definition) is 1. The van der Waals surface area contributed by atoms with Crippen LogP contribution < -0.4 is 4.90 Å². The Kier molecular flexibility index (Phi) is 4.82. The van der Waals surface area contributed by atoms with Crippen molar-refractivity contribution in [3.8, 4) is 0 Å². The van der Waals surface area contributed by atoms with Gasteiger partial charge >= 0.3 is 5.97 Å². The third-order valence-corrected chi connectivity index (χ3v) is 4.19. The van der Waals surface area contributed by atoms with Gasteiger partial charge in [0.1, 0.15) is 0 Å². The van der Waals surface area contributed by atoms with E-state index in [-0.39, 0.29) is 6.42 Å². The summed E-state index contributed by atoms with van der Waals surface area (Å²) in [6.07, 6.45) is 0.946. The van der Waals surface area contributed by atoms with Gasteiger partial charge in [0.15, 0.2) is 0 Å². The summed E-state index contributed by atoms with van der Waals surface area (Å²) in [6.45, 7) is 2.85. The standard InChI is InChI=1S/C14H19BrN2O2/c1-16-8-9-17(10-13(16)6-7-14(18)19)12-4-2-11(15)3-5-12/h2-5,13H,6-10H2,1H3,(H,18,19). The first-order valence-corrected chi connectivity index (χ1v) is 7.28. The number of anilines is 1. The van der Waals surface area contributed by atoms with Gasteiger partial charge in [0.25, 0.3) is 0 Å². The van der Waals surface area contributed by atoms with Crippen molar-refractivity contribution in [1.82, 2.24) is 4.90 Å². The average molecular weight is 327 g/mol. The first kappa shape index (κ1) is 14.3. The Bertz CT molecular complexity index is 436. The van der Waals surface area contributed by atoms with Gasteiger partial charge in [0, 0.05) is 42.3 Å². The molecule has 0 saturated carbocycles. The lowest BCUT2D eigenvalue weighted by atomic mass is 10.1. The number of halogens is 1. The third kappa shape index (κ3) is 3.94. The SMILES string of the molecule is CN1CCN(c2ccc(Br)cc2)CC1CCC(=O)O. The second kappa shape index (κ2) is 6.39. The molecular weight excluding hydrogens is 308 g/mol. The molecule has 0 aliphatic carbocycles. The zero-order chi connectivity index (χ0) is 13.8. The fraction of sp³-hybridized carbons (Fsp3) is 0.500. The first-order chi connectivity index (χ1) is 9.06. The second-order valence-corrected chi connectivity index (χ2v) is 5.90. The van der Waals surface area contributed by atoms with Crippen LogP contribution in [0.15, 0.2) is 28.7 Å². The van der Waals surface area contributed by atoms with Crippen LogP contribution in [0.2, 0.25) is 0 Å². The van der Waals surface area contributed by atoms with Gasteiger partial charge in [0.2, 0.25) is 0 Å². The molecule has 1 atom stereocenters. The molecule has 1 saturated heterocycles. The predicted octanol–water partition coefficient (Wildman–Crippen LogP) is 2.43. The van der Waals surface area contributed by atoms with E-state index < -0.39 is 5.97 Å². The van der Waals surface area contributed by atoms with E-state index in [2.05, 4.69) is 44.9 Å². The molecule has 104 valence electrons. The van der Waals surface area contributed by atoms with Gasteiger partial charge in [-0.25, -0.2) is 0 Å². The van der Waals surface area contributed by atoms with E-state index in [0.717, 1.165) is 24.1 Å². The Morgan fingerprint density at radius 2 is 2.05 bits per heavy atom. The summed E-state index contributed by atoms with van der Waals surface area (Å²) < 4.78 is 1.08. The third-order valence-electron chi connectivity index (χ3n) is 3.66. The normalized spacial score (nSPS) is 20.5. The fourth-order valence-corrected chi connectivity index (χ4v) is 2.70. The van der Waals surface area contributed by atoms with E-state index in [1.54, 1.807) is 0 Å². The highest BCUT2D eigenvalue weighted by molar-refractivity contribution is 9.10. The summed E-state index contributed by atoms with van der Waals surface area (Å²) >= 11 is 3.44. The quantitative estimate of drug-likeness (QED) is 0.922. The minimum atomic E-state index is -0.714. The molecule has 4 nitrogen and oxygen atoms in total. The lowest BCUT2D eigenvalue weighted by molar-refractivity contribution is -0.137. The van der Waals surface area contributed by atoms with E-state index in [1.807, 2.05) is 12.1 Å². The van der Waals surface area contributed by atoms with Crippen LogP contribution >= 0.6 is 15.9 Å². The van der Waals surface area contributed by atoms with E-state index >= 15 is 0 Å². The molecule has 0 spiro atoms. The first-order valence-electron chi connectivity index (χ1n) is 6.49. The zero-order valence-electron chi connectivity index (χ0n) is 11.1. The van der Waals surface area contributed by atoms with Crippen molar-refractivity contribution in [3.63, 3.8) is 0 Å². The molecule has 2 rings (SSSR count). The van der Waals surface area contributed by atoms with Crippen molar-refractivity contribution >= 4 is 27.6 Å². The minimum absolute atomic E-state index is 0.239. The van der Waals surface area contributed by atoms with Crippen LogP contribution in [0.1, 0.15) is 12.8 Å². The van der Waals surface area contributed by atoms with Gasteiger partial charge in [-0.3, -0.25) is 9.69 Å². The van der Waals surface area contributed by atoms with Crippen molar-refractivity contribution in [2.45, 2.75) is 18.9 Å². The fourth-order valence-electron chi connectivity index (χ4n) is 2.43. The highest BCUT2D eigenvalue weighted by Crippen LogP contribution is 2.22. The maximum atomic E-state index is 10.7. The van der Waals surface area contributed by atoms with Crippen LogP contribution in [0.3, 0.4) is 0 Å². The summed E-state index contributed by atoms with van der Waals surface area (Å²) in [7, 11) is 2.07. The number of aliphatic carboxylic acids is 1. The Labute approximate surface area is 122 Å². The Morgan fingerprint density at radius 1 is 1.37 bits per heavy atom. The summed E-state index contributed by atoms with van der Waals surface area (Å²) in [6, 6.07) is 8.60. The molecule has 1 aliphatic rings. The van der Waals surface area contributed by atoms with Crippen molar-refractivity contribution in [1.29, 1.82) is 0 Å². The van der Waals surface area contributed by atoms with Crippen LogP contribution in [0.5, 0.6) is 0 Å². The predicted molar refractivity (Wildman–Crippen MR) is 79.6 cm³/mol. The Hall–Kier alpha value is -1.07. The van der Waals surface area contributed by atoms with Crippen LogP contribution in [0.25, 0.3) is 0 Å². The van der Waals surface area contributed by atoms with Crippen molar-refractivity contribution in [3.05, 3.63) is 28.7 Å². The molecule has 5 heteroatoms. The van der Waals surface area contributed by atoms with E-state index in [1.165, 1.54) is 5.69 Å². The lowest BCUT2D eigenvalue weighted by Crippen LogP contribution is -2.51. The average Bonchev–Trinajstić information content (AvgIpc) is 2.39. The number of rotatable bonds is 4. The number of hydrogen-bond acceptors (Lipinski definition) is 3. The lowest BCUT2D eigenvalue weighted by Gasteiger charge is -2.40. The summed E-state index contributed by atoms with van der Waals surface area (Å²) in [5.74, 6) is -0.714. The molecule has 0 aromatic heterocycles. The molecule has 0 radical (unpaired) electrons. The molecule has 1 aliphatic heterocycles. The number of benzene rings is 1. The van der Waals surface area contributed by atoms with Crippen LogP contribution in [-0.2, 0) is 4.79 Å². The second-order valence-electron chi connectivity index (χ2n) is 4.99. The number of carbonyl (C=O) groups is 1. The molecule has 1 aromatic carbocycles. The number of carboxylic acids is 1. The number of nitrogens with zero attached hydrogens (tertiary/aromatic N) is 2. The number of carboxylic acid groups (broad SMARTS) is 1. The molecule has 0 bridgehead atoms. The zero-order valence-corrected chi connectivity index (χ0v) is 12.6. The van der Waals surface area contributed by atoms with Crippen molar-refractivity contribution in [2.75, 3.05) is 31.6 Å². The van der Waals surface area contributed by atoms with Crippen LogP contribution in [-0.4, -0.2) is 48.7 Å². The summed E-state index contributed by atoms with van der Waals surface area (Å²) in [5.41, 5.74) is 1.21. The summed E-state index contributed by atoms with van der Waals surface area (Å²) in [5, 5.41) is 8.81. The van der Waals surface area contributed by atoms with E-state index in [0.29, 0.717) is 12.5 Å². The van der Waals surface area contributed by atoms with E-state index in [9.17, 15) is 4.79 Å². The Morgan fingerprint density at radius 3 is 2.68 bits per heavy atom. The molecule has 1 N–H and O–H groups in total. The molecule has 1 unspecified atom stereocenters. The van der Waals surface area contributed by atoms with Crippen molar-refractivity contribution < 1.29 is 9.90 Å². The number of likely N-dealkylation sites (N-methyl/N-ethyl adjacent to an activating group) is 1. The molecular formula is C14H19BrN2O2. The van der Waals surface area contributed by atoms with Gasteiger partial charge in [0.05, 0.1) is 0 Å². The maximum absolute atomic E-state index is 10.7. The van der Waals surface area contributed by atoms with Gasteiger partial charge in [-0.05, 0) is 37.7 Å². The highest BCUT2D eigenvalue weighted by atomic mass is 79.9. The van der Waals surface area contributed by atoms with Gasteiger partial charge in [-0.1, -0.05) is 15.9 Å². The van der Waals surface area contributed by atoms with Gasteiger partial charge < -0.3 is 10.0 Å². The smallest absolute Gasteiger partial charge is 0.303 e. The minimum Gasteiger partial charge on any atom is -0.481 e. The molecule has 1 fully saturated rings. The van der Waals surface area contributed by atoms with Gasteiger partial charge in [-0.2, -0.15) is 0 Å². The van der Waals surface area contributed by atoms with Crippen molar-refractivity contribution in [2.24, 2.45) is 0 Å². The summed E-state index contributed by atoms with van der Waals surface area (Å²) in [4.78, 5) is 15.3. The Balaban J connectivity index is 2.00. The monoisotopic (exact) mass is 326 g/mol. The van der Waals surface area contributed by atoms with Gasteiger partial charge in [-0.15, -0.1) is 0 Å². The molecule has 1 aromatic rings. The van der Waals surface area contributed by atoms with E-state index in [4.69, 9.17) is 5.11 Å². The number of piperazine rings is 1. The largest absolute Gasteiger partial charge is 0.481 e. The highest BCUT2D eigenvalue weighted by Gasteiger charge is 2.24. The molecule has 0 amide bonds. The molecule has 19 heavy (non-hydrogen) atoms. The van der Waals surface area contributed by atoms with Crippen LogP contribution in [0.4, 0.5) is 5.69 Å². The van der Waals surface area contributed by atoms with Crippen LogP contribution in [0, 0.1) is 0 Å². The maximum Gasteiger partial charge on any atom is 0.303 e.